The van der Waals surface area contributed by atoms with E-state index in [1.807, 2.05) is 43.5 Å². The van der Waals surface area contributed by atoms with E-state index in [0.29, 0.717) is 24.4 Å². The Labute approximate surface area is 130 Å². The summed E-state index contributed by atoms with van der Waals surface area (Å²) in [4.78, 5) is 2.08. The summed E-state index contributed by atoms with van der Waals surface area (Å²) in [5, 5.41) is 23.1. The molecule has 1 fully saturated rings. The summed E-state index contributed by atoms with van der Waals surface area (Å²) < 4.78 is 0. The topological polar surface area (TPSA) is 85.3 Å². The van der Waals surface area contributed by atoms with Crippen LogP contribution in [0.3, 0.4) is 0 Å². The van der Waals surface area contributed by atoms with Crippen LogP contribution in [0, 0.1) is 18.3 Å². The molecule has 2 aliphatic heterocycles. The van der Waals surface area contributed by atoms with Gasteiger partial charge in [-0.25, -0.2) is 0 Å². The lowest BCUT2D eigenvalue weighted by Gasteiger charge is -2.55. The zero-order valence-corrected chi connectivity index (χ0v) is 12.8. The van der Waals surface area contributed by atoms with E-state index in [2.05, 4.69) is 16.3 Å². The number of β-amino-alcohol motifs (C(OH)–C–C–N with tert-alkyl or cyclic N) is 1. The highest BCUT2D eigenvalue weighted by molar-refractivity contribution is 5.54. The Morgan fingerprint density at radius 2 is 2.14 bits per heavy atom. The van der Waals surface area contributed by atoms with Crippen molar-refractivity contribution in [2.24, 2.45) is 0 Å². The van der Waals surface area contributed by atoms with Gasteiger partial charge in [0.05, 0.1) is 17.2 Å². The SMILES string of the molecule is Cc1ccc(N)cc1C1(N2CC(C)(O)C2)NC=CC=C1C#N. The van der Waals surface area contributed by atoms with E-state index < -0.39 is 11.3 Å². The first kappa shape index (κ1) is 14.6. The normalized spacial score (nSPS) is 26.5. The van der Waals surface area contributed by atoms with Crippen molar-refractivity contribution in [3.05, 3.63) is 53.3 Å². The van der Waals surface area contributed by atoms with Crippen LogP contribution in [0.25, 0.3) is 0 Å². The minimum Gasteiger partial charge on any atom is -0.399 e. The van der Waals surface area contributed by atoms with Gasteiger partial charge in [0, 0.05) is 24.3 Å². The molecule has 3 rings (SSSR count). The summed E-state index contributed by atoms with van der Waals surface area (Å²) in [5.41, 5.74) is 7.71. The number of nitrogens with two attached hydrogens (primary N) is 1. The van der Waals surface area contributed by atoms with Crippen molar-refractivity contribution in [1.29, 1.82) is 5.26 Å². The second-order valence-electron chi connectivity index (χ2n) is 6.33. The van der Waals surface area contributed by atoms with Crippen molar-refractivity contribution in [2.75, 3.05) is 18.8 Å². The third-order valence-corrected chi connectivity index (χ3v) is 4.35. The van der Waals surface area contributed by atoms with Gasteiger partial charge in [0.1, 0.15) is 0 Å². The van der Waals surface area contributed by atoms with E-state index in [-0.39, 0.29) is 0 Å². The maximum absolute atomic E-state index is 10.1. The zero-order valence-electron chi connectivity index (χ0n) is 12.8. The highest BCUT2D eigenvalue weighted by Gasteiger charge is 2.52. The average molecular weight is 296 g/mol. The first-order valence-corrected chi connectivity index (χ1v) is 7.28. The molecule has 0 spiro atoms. The molecule has 0 aliphatic carbocycles. The number of dihydropyridines is 1. The molecule has 4 N–H and O–H groups in total. The second-order valence-corrected chi connectivity index (χ2v) is 6.33. The molecule has 5 heteroatoms. The highest BCUT2D eigenvalue weighted by Crippen LogP contribution is 2.42. The van der Waals surface area contributed by atoms with Gasteiger partial charge in [0.15, 0.2) is 5.66 Å². The maximum atomic E-state index is 10.1. The number of hydrogen-bond acceptors (Lipinski definition) is 5. The van der Waals surface area contributed by atoms with Gasteiger partial charge in [-0.15, -0.1) is 0 Å². The van der Waals surface area contributed by atoms with Crippen LogP contribution in [0.1, 0.15) is 18.1 Å². The van der Waals surface area contributed by atoms with Crippen LogP contribution < -0.4 is 11.1 Å². The van der Waals surface area contributed by atoms with E-state index in [4.69, 9.17) is 5.73 Å². The van der Waals surface area contributed by atoms with Crippen LogP contribution >= 0.6 is 0 Å². The molecule has 0 radical (unpaired) electrons. The number of nitrogens with one attached hydrogen (secondary N) is 1. The van der Waals surface area contributed by atoms with Gasteiger partial charge in [-0.2, -0.15) is 5.26 Å². The van der Waals surface area contributed by atoms with Crippen molar-refractivity contribution in [3.63, 3.8) is 0 Å². The molecule has 1 atom stereocenters. The Morgan fingerprint density at radius 3 is 2.77 bits per heavy atom. The molecule has 0 saturated carbocycles. The van der Waals surface area contributed by atoms with Crippen molar-refractivity contribution in [1.82, 2.24) is 10.2 Å². The molecule has 1 saturated heterocycles. The number of nitrogen functional groups attached to an aromatic ring is 1. The fraction of sp³-hybridized carbons (Fsp3) is 0.353. The van der Waals surface area contributed by atoms with E-state index in [1.54, 1.807) is 6.92 Å². The monoisotopic (exact) mass is 296 g/mol. The van der Waals surface area contributed by atoms with Crippen LogP contribution in [-0.2, 0) is 5.66 Å². The molecule has 0 bridgehead atoms. The minimum atomic E-state index is -0.773. The summed E-state index contributed by atoms with van der Waals surface area (Å²) in [6.07, 6.45) is 5.46. The Kier molecular flexibility index (Phi) is 3.24. The standard InChI is InChI=1S/C17H20N4O/c1-12-5-6-14(19)8-15(12)17(21-10-16(2,22)11-21)13(9-18)4-3-7-20-17/h3-8,20,22H,10-11,19H2,1-2H3. The third kappa shape index (κ3) is 2.08. The fourth-order valence-corrected chi connectivity index (χ4v) is 3.33. The molecule has 1 unspecified atom stereocenters. The van der Waals surface area contributed by atoms with Crippen molar-refractivity contribution in [3.8, 4) is 6.07 Å². The Balaban J connectivity index is 2.16. The summed E-state index contributed by atoms with van der Waals surface area (Å²) in [6.45, 7) is 4.78. The maximum Gasteiger partial charge on any atom is 0.154 e. The summed E-state index contributed by atoms with van der Waals surface area (Å²) in [5.74, 6) is 0. The number of nitrogens with zero attached hydrogens (tertiary/aromatic N) is 2. The molecule has 0 amide bonds. The molecule has 0 aromatic heterocycles. The summed E-state index contributed by atoms with van der Waals surface area (Å²) in [7, 11) is 0. The van der Waals surface area contributed by atoms with Crippen LogP contribution in [0.4, 0.5) is 5.69 Å². The number of rotatable bonds is 2. The van der Waals surface area contributed by atoms with Gasteiger partial charge in [-0.1, -0.05) is 6.07 Å². The number of aliphatic hydroxyl groups is 1. The van der Waals surface area contributed by atoms with Crippen LogP contribution in [-0.4, -0.2) is 28.7 Å². The summed E-state index contributed by atoms with van der Waals surface area (Å²) >= 11 is 0. The summed E-state index contributed by atoms with van der Waals surface area (Å²) in [6, 6.07) is 8.01. The number of benzene rings is 1. The van der Waals surface area contributed by atoms with Crippen molar-refractivity contribution < 1.29 is 5.11 Å². The number of aryl methyl sites for hydroxylation is 1. The van der Waals surface area contributed by atoms with Gasteiger partial charge >= 0.3 is 0 Å². The number of hydrogen-bond donors (Lipinski definition) is 3. The van der Waals surface area contributed by atoms with Gasteiger partial charge in [-0.05, 0) is 49.9 Å². The van der Waals surface area contributed by atoms with E-state index in [9.17, 15) is 10.4 Å². The smallest absolute Gasteiger partial charge is 0.154 e. The van der Waals surface area contributed by atoms with Crippen LogP contribution in [0.15, 0.2) is 42.1 Å². The first-order chi connectivity index (χ1) is 10.4. The van der Waals surface area contributed by atoms with Gasteiger partial charge < -0.3 is 16.2 Å². The van der Waals surface area contributed by atoms with E-state index in [1.165, 1.54) is 0 Å². The van der Waals surface area contributed by atoms with E-state index >= 15 is 0 Å². The van der Waals surface area contributed by atoms with Crippen LogP contribution in [0.5, 0.6) is 0 Å². The number of likely N-dealkylation sites (tertiary alicyclic amines) is 1. The quantitative estimate of drug-likeness (QED) is 0.718. The van der Waals surface area contributed by atoms with Crippen LogP contribution in [0.2, 0.25) is 0 Å². The van der Waals surface area contributed by atoms with Gasteiger partial charge in [-0.3, -0.25) is 4.90 Å². The molecular formula is C17H20N4O. The minimum absolute atomic E-state index is 0.487. The van der Waals surface area contributed by atoms with Crippen molar-refractivity contribution in [2.45, 2.75) is 25.1 Å². The Morgan fingerprint density at radius 1 is 1.41 bits per heavy atom. The zero-order chi connectivity index (χ0) is 16.0. The Bertz CT molecular complexity index is 706. The van der Waals surface area contributed by atoms with E-state index in [0.717, 1.165) is 11.1 Å². The van der Waals surface area contributed by atoms with Crippen molar-refractivity contribution >= 4 is 5.69 Å². The average Bonchev–Trinajstić information content (AvgIpc) is 2.47. The van der Waals surface area contributed by atoms with Gasteiger partial charge in [0.25, 0.3) is 0 Å². The highest BCUT2D eigenvalue weighted by atomic mass is 16.3. The largest absolute Gasteiger partial charge is 0.399 e. The lowest BCUT2D eigenvalue weighted by Crippen LogP contribution is -2.71. The Hall–Kier alpha value is -2.29. The number of nitriles is 1. The molecule has 2 aliphatic rings. The molecule has 22 heavy (non-hydrogen) atoms. The lowest BCUT2D eigenvalue weighted by atomic mass is 9.80. The number of allylic oxidation sites excluding steroid dienone is 2. The fourth-order valence-electron chi connectivity index (χ4n) is 3.33. The van der Waals surface area contributed by atoms with Gasteiger partial charge in [0.2, 0.25) is 0 Å². The second kappa shape index (κ2) is 4.87. The molecule has 1 aromatic carbocycles. The molecular weight excluding hydrogens is 276 g/mol. The predicted molar refractivity (Wildman–Crippen MR) is 85.4 cm³/mol. The lowest BCUT2D eigenvalue weighted by molar-refractivity contribution is -0.130. The number of anilines is 1. The predicted octanol–water partition coefficient (Wildman–Crippen LogP) is 1.36. The molecule has 5 nitrogen and oxygen atoms in total. The first-order valence-electron chi connectivity index (χ1n) is 7.28. The molecule has 1 aromatic rings. The third-order valence-electron chi connectivity index (χ3n) is 4.35. The molecule has 2 heterocycles. The molecule has 114 valence electrons.